The average Bonchev–Trinajstić information content (AvgIpc) is 2.26. The number of hydrogen-bond donors (Lipinski definition) is 2. The molecular weight excluding hydrogens is 224 g/mol. The van der Waals surface area contributed by atoms with Crippen LogP contribution in [0.2, 0.25) is 0 Å². The molecule has 3 N–H and O–H groups in total. The Morgan fingerprint density at radius 3 is 2.44 bits per heavy atom. The number of rotatable bonds is 8. The van der Waals surface area contributed by atoms with Gasteiger partial charge < -0.3 is 11.1 Å². The molecule has 0 aliphatic carbocycles. The normalized spacial score (nSPS) is 13.8. The number of halogens is 1. The van der Waals surface area contributed by atoms with Crippen molar-refractivity contribution in [3.8, 4) is 0 Å². The number of nitrogens with one attached hydrogen (secondary N) is 1. The SMILES string of the molecule is CCCCC(CC)C(=O)NCC(C)CN.Cl. The van der Waals surface area contributed by atoms with Crippen molar-refractivity contribution in [3.05, 3.63) is 0 Å². The molecule has 0 bridgehead atoms. The lowest BCUT2D eigenvalue weighted by molar-refractivity contribution is -0.125. The van der Waals surface area contributed by atoms with E-state index in [2.05, 4.69) is 19.2 Å². The van der Waals surface area contributed by atoms with Crippen LogP contribution in [-0.4, -0.2) is 19.0 Å². The van der Waals surface area contributed by atoms with Crippen LogP contribution in [0.3, 0.4) is 0 Å². The average molecular weight is 251 g/mol. The van der Waals surface area contributed by atoms with Gasteiger partial charge in [0.05, 0.1) is 0 Å². The summed E-state index contributed by atoms with van der Waals surface area (Å²) >= 11 is 0. The highest BCUT2D eigenvalue weighted by Gasteiger charge is 2.15. The van der Waals surface area contributed by atoms with Crippen molar-refractivity contribution in [2.45, 2.75) is 46.5 Å². The first-order valence-electron chi connectivity index (χ1n) is 6.13. The van der Waals surface area contributed by atoms with Crippen molar-refractivity contribution in [1.29, 1.82) is 0 Å². The molecule has 0 saturated heterocycles. The van der Waals surface area contributed by atoms with E-state index in [1.165, 1.54) is 0 Å². The van der Waals surface area contributed by atoms with Crippen LogP contribution in [0.1, 0.15) is 46.5 Å². The zero-order valence-corrected chi connectivity index (χ0v) is 11.6. The van der Waals surface area contributed by atoms with Gasteiger partial charge in [0.15, 0.2) is 0 Å². The molecule has 0 spiro atoms. The van der Waals surface area contributed by atoms with Crippen LogP contribution in [0.15, 0.2) is 0 Å². The van der Waals surface area contributed by atoms with E-state index in [0.717, 1.165) is 25.7 Å². The number of nitrogens with two attached hydrogens (primary N) is 1. The Kier molecular flexibility index (Phi) is 12.7. The summed E-state index contributed by atoms with van der Waals surface area (Å²) in [5.41, 5.74) is 5.50. The fraction of sp³-hybridized carbons (Fsp3) is 0.917. The highest BCUT2D eigenvalue weighted by atomic mass is 35.5. The van der Waals surface area contributed by atoms with Crippen molar-refractivity contribution < 1.29 is 4.79 Å². The van der Waals surface area contributed by atoms with Crippen molar-refractivity contribution in [2.75, 3.05) is 13.1 Å². The summed E-state index contributed by atoms with van der Waals surface area (Å²) in [5, 5.41) is 2.97. The molecule has 0 aromatic rings. The van der Waals surface area contributed by atoms with Gasteiger partial charge in [-0.05, 0) is 25.3 Å². The maximum atomic E-state index is 11.7. The molecule has 16 heavy (non-hydrogen) atoms. The summed E-state index contributed by atoms with van der Waals surface area (Å²) in [6.07, 6.45) is 4.24. The van der Waals surface area contributed by atoms with Gasteiger partial charge in [-0.25, -0.2) is 0 Å². The molecule has 0 heterocycles. The molecule has 0 aromatic heterocycles. The number of hydrogen-bond acceptors (Lipinski definition) is 2. The van der Waals surface area contributed by atoms with Crippen molar-refractivity contribution in [2.24, 2.45) is 17.6 Å². The van der Waals surface area contributed by atoms with Crippen LogP contribution < -0.4 is 11.1 Å². The summed E-state index contributed by atoms with van der Waals surface area (Å²) in [6.45, 7) is 7.62. The minimum atomic E-state index is 0. The van der Waals surface area contributed by atoms with Crippen LogP contribution in [0, 0.1) is 11.8 Å². The van der Waals surface area contributed by atoms with Crippen LogP contribution in [0.5, 0.6) is 0 Å². The minimum absolute atomic E-state index is 0. The summed E-state index contributed by atoms with van der Waals surface area (Å²) in [6, 6.07) is 0. The second-order valence-electron chi connectivity index (χ2n) is 4.33. The van der Waals surface area contributed by atoms with E-state index in [9.17, 15) is 4.79 Å². The van der Waals surface area contributed by atoms with Gasteiger partial charge in [0.25, 0.3) is 0 Å². The highest BCUT2D eigenvalue weighted by Crippen LogP contribution is 2.12. The molecule has 98 valence electrons. The molecule has 1 amide bonds. The molecule has 0 saturated carbocycles. The van der Waals surface area contributed by atoms with Crippen molar-refractivity contribution >= 4 is 18.3 Å². The van der Waals surface area contributed by atoms with E-state index < -0.39 is 0 Å². The van der Waals surface area contributed by atoms with Gasteiger partial charge in [-0.15, -0.1) is 12.4 Å². The maximum Gasteiger partial charge on any atom is 0.223 e. The third-order valence-corrected chi connectivity index (χ3v) is 2.80. The molecule has 0 radical (unpaired) electrons. The molecule has 4 heteroatoms. The topological polar surface area (TPSA) is 55.1 Å². The molecule has 3 nitrogen and oxygen atoms in total. The largest absolute Gasteiger partial charge is 0.356 e. The molecule has 0 fully saturated rings. The van der Waals surface area contributed by atoms with Crippen LogP contribution in [0.25, 0.3) is 0 Å². The molecule has 2 unspecified atom stereocenters. The number of amides is 1. The summed E-state index contributed by atoms with van der Waals surface area (Å²) in [4.78, 5) is 11.7. The van der Waals surface area contributed by atoms with Gasteiger partial charge >= 0.3 is 0 Å². The predicted octanol–water partition coefficient (Wildman–Crippen LogP) is 2.34. The van der Waals surface area contributed by atoms with Crippen LogP contribution >= 0.6 is 12.4 Å². The Balaban J connectivity index is 0. The summed E-state index contributed by atoms with van der Waals surface area (Å²) in [5.74, 6) is 0.763. The van der Waals surface area contributed by atoms with E-state index in [-0.39, 0.29) is 24.2 Å². The number of carbonyl (C=O) groups excluding carboxylic acids is 1. The summed E-state index contributed by atoms with van der Waals surface area (Å²) in [7, 11) is 0. The third-order valence-electron chi connectivity index (χ3n) is 2.80. The molecule has 0 rings (SSSR count). The minimum Gasteiger partial charge on any atom is -0.356 e. The van der Waals surface area contributed by atoms with Crippen molar-refractivity contribution in [1.82, 2.24) is 5.32 Å². The fourth-order valence-corrected chi connectivity index (χ4v) is 1.47. The lowest BCUT2D eigenvalue weighted by atomic mass is 9.98. The van der Waals surface area contributed by atoms with Crippen molar-refractivity contribution in [3.63, 3.8) is 0 Å². The standard InChI is InChI=1S/C12H26N2O.ClH/c1-4-6-7-11(5-2)12(15)14-9-10(3)8-13;/h10-11H,4-9,13H2,1-3H3,(H,14,15);1H. The summed E-state index contributed by atoms with van der Waals surface area (Å²) < 4.78 is 0. The smallest absolute Gasteiger partial charge is 0.223 e. The quantitative estimate of drug-likeness (QED) is 0.695. The molecule has 2 atom stereocenters. The van der Waals surface area contributed by atoms with Gasteiger partial charge in [-0.2, -0.15) is 0 Å². The molecular formula is C12H27ClN2O. The fourth-order valence-electron chi connectivity index (χ4n) is 1.47. The first-order chi connectivity index (χ1) is 7.15. The lowest BCUT2D eigenvalue weighted by Crippen LogP contribution is -2.35. The van der Waals surface area contributed by atoms with Gasteiger partial charge in [-0.3, -0.25) is 4.79 Å². The van der Waals surface area contributed by atoms with E-state index >= 15 is 0 Å². The second-order valence-corrected chi connectivity index (χ2v) is 4.33. The van der Waals surface area contributed by atoms with E-state index in [4.69, 9.17) is 5.73 Å². The van der Waals surface area contributed by atoms with E-state index in [1.54, 1.807) is 0 Å². The Labute approximate surface area is 106 Å². The first-order valence-corrected chi connectivity index (χ1v) is 6.13. The molecule has 0 aliphatic heterocycles. The van der Waals surface area contributed by atoms with Gasteiger partial charge in [0.2, 0.25) is 5.91 Å². The lowest BCUT2D eigenvalue weighted by Gasteiger charge is -2.16. The Morgan fingerprint density at radius 2 is 2.00 bits per heavy atom. The second kappa shape index (κ2) is 11.2. The Morgan fingerprint density at radius 1 is 1.38 bits per heavy atom. The number of unbranched alkanes of at least 4 members (excludes halogenated alkanes) is 1. The maximum absolute atomic E-state index is 11.7. The van der Waals surface area contributed by atoms with Crippen LogP contribution in [0.4, 0.5) is 0 Å². The first kappa shape index (κ1) is 18.1. The Hall–Kier alpha value is -0.280. The highest BCUT2D eigenvalue weighted by molar-refractivity contribution is 5.85. The third kappa shape index (κ3) is 7.94. The van der Waals surface area contributed by atoms with Gasteiger partial charge in [0.1, 0.15) is 0 Å². The van der Waals surface area contributed by atoms with E-state index in [1.807, 2.05) is 6.92 Å². The Bertz CT molecular complexity index is 176. The molecule has 0 aromatic carbocycles. The van der Waals surface area contributed by atoms with Crippen LogP contribution in [-0.2, 0) is 4.79 Å². The predicted molar refractivity (Wildman–Crippen MR) is 71.8 cm³/mol. The van der Waals surface area contributed by atoms with Gasteiger partial charge in [-0.1, -0.05) is 33.6 Å². The monoisotopic (exact) mass is 250 g/mol. The molecule has 0 aliphatic rings. The zero-order chi connectivity index (χ0) is 11.7. The van der Waals surface area contributed by atoms with E-state index in [0.29, 0.717) is 19.0 Å². The zero-order valence-electron chi connectivity index (χ0n) is 10.8. The number of carbonyl (C=O) groups is 1. The van der Waals surface area contributed by atoms with Gasteiger partial charge in [0, 0.05) is 12.5 Å².